The van der Waals surface area contributed by atoms with Crippen LogP contribution < -0.4 is 5.73 Å². The van der Waals surface area contributed by atoms with Crippen molar-refractivity contribution in [1.82, 2.24) is 4.31 Å². The van der Waals surface area contributed by atoms with Gasteiger partial charge in [-0.05, 0) is 55.9 Å². The van der Waals surface area contributed by atoms with Gasteiger partial charge in [0, 0.05) is 18.5 Å². The maximum absolute atomic E-state index is 13.0. The second-order valence-corrected chi connectivity index (χ2v) is 9.52. The minimum absolute atomic E-state index is 0.0552. The van der Waals surface area contributed by atoms with Crippen LogP contribution in [0.2, 0.25) is 0 Å². The molecule has 1 fully saturated rings. The van der Waals surface area contributed by atoms with E-state index in [0.29, 0.717) is 31.5 Å². The molecule has 1 aromatic carbocycles. The Kier molecular flexibility index (Phi) is 5.77. The van der Waals surface area contributed by atoms with Crippen LogP contribution in [0.1, 0.15) is 49.0 Å². The molecule has 0 bridgehead atoms. The number of primary amides is 1. The molecule has 0 saturated carbocycles. The van der Waals surface area contributed by atoms with Crippen LogP contribution in [0.25, 0.3) is 0 Å². The lowest BCUT2D eigenvalue weighted by atomic mass is 9.79. The molecule has 1 unspecified atom stereocenters. The zero-order valence-electron chi connectivity index (χ0n) is 15.4. The summed E-state index contributed by atoms with van der Waals surface area (Å²) in [6, 6.07) is 4.03. The fourth-order valence-corrected chi connectivity index (χ4v) is 5.21. The zero-order chi connectivity index (χ0) is 19.7. The van der Waals surface area contributed by atoms with Crippen LogP contribution in [0.4, 0.5) is 0 Å². The van der Waals surface area contributed by atoms with Gasteiger partial charge in [-0.15, -0.1) is 0 Å². The third kappa shape index (κ3) is 4.24. The van der Waals surface area contributed by atoms with Gasteiger partial charge in [0.2, 0.25) is 15.9 Å². The van der Waals surface area contributed by atoms with Crippen LogP contribution in [0.3, 0.4) is 0 Å². The molecule has 1 amide bonds. The fraction of sp³-hybridized carbons (Fsp3) is 0.556. The van der Waals surface area contributed by atoms with Crippen LogP contribution in [-0.2, 0) is 14.8 Å². The van der Waals surface area contributed by atoms with E-state index in [1.54, 1.807) is 20.8 Å². The van der Waals surface area contributed by atoms with Gasteiger partial charge in [-0.1, -0.05) is 13.8 Å². The number of nitrogens with zero attached hydrogens (tertiary/aromatic N) is 1. The van der Waals surface area contributed by atoms with Crippen molar-refractivity contribution in [3.05, 3.63) is 29.3 Å². The average molecular weight is 382 g/mol. The highest BCUT2D eigenvalue weighted by Crippen LogP contribution is 2.33. The summed E-state index contributed by atoms with van der Waals surface area (Å²) in [6.45, 7) is 5.89. The van der Waals surface area contributed by atoms with Crippen LogP contribution >= 0.6 is 0 Å². The lowest BCUT2D eigenvalue weighted by Gasteiger charge is -2.35. The van der Waals surface area contributed by atoms with Crippen LogP contribution in [0, 0.1) is 18.3 Å². The summed E-state index contributed by atoms with van der Waals surface area (Å²) in [5, 5.41) is 9.04. The van der Waals surface area contributed by atoms with Crippen molar-refractivity contribution >= 4 is 21.9 Å². The highest BCUT2D eigenvalue weighted by molar-refractivity contribution is 7.89. The van der Waals surface area contributed by atoms with E-state index in [9.17, 15) is 18.0 Å². The van der Waals surface area contributed by atoms with Gasteiger partial charge in [0.25, 0.3) is 0 Å². The van der Waals surface area contributed by atoms with Crippen molar-refractivity contribution in [1.29, 1.82) is 0 Å². The number of benzene rings is 1. The predicted molar refractivity (Wildman–Crippen MR) is 97.2 cm³/mol. The molecule has 1 atom stereocenters. The van der Waals surface area contributed by atoms with Crippen LogP contribution in [-0.4, -0.2) is 42.8 Å². The fourth-order valence-electron chi connectivity index (χ4n) is 3.45. The van der Waals surface area contributed by atoms with Crippen molar-refractivity contribution in [2.45, 2.75) is 44.9 Å². The Morgan fingerprint density at radius 2 is 2.00 bits per heavy atom. The highest BCUT2D eigenvalue weighted by atomic mass is 32.2. The molecule has 8 heteroatoms. The van der Waals surface area contributed by atoms with E-state index in [1.165, 1.54) is 22.5 Å². The maximum atomic E-state index is 13.0. The molecule has 0 radical (unpaired) electrons. The van der Waals surface area contributed by atoms with E-state index in [2.05, 4.69) is 0 Å². The Morgan fingerprint density at radius 3 is 2.54 bits per heavy atom. The molecule has 0 aliphatic carbocycles. The Bertz CT molecular complexity index is 817. The van der Waals surface area contributed by atoms with Gasteiger partial charge in [-0.25, -0.2) is 13.2 Å². The number of hydrogen-bond acceptors (Lipinski definition) is 4. The monoisotopic (exact) mass is 382 g/mol. The Labute approximate surface area is 154 Å². The first-order chi connectivity index (χ1) is 11.9. The van der Waals surface area contributed by atoms with Crippen molar-refractivity contribution in [3.63, 3.8) is 0 Å². The number of nitrogens with two attached hydrogens (primary N) is 1. The van der Waals surface area contributed by atoms with Gasteiger partial charge < -0.3 is 10.8 Å². The average Bonchev–Trinajstić information content (AvgIpc) is 2.54. The summed E-state index contributed by atoms with van der Waals surface area (Å²) in [4.78, 5) is 22.7. The molecule has 3 N–H and O–H groups in total. The molecule has 1 aliphatic heterocycles. The SMILES string of the molecule is Cc1cc(C(=O)O)ccc1S(=O)(=O)N1CCCC(CC(C)(C)C(N)=O)C1. The van der Waals surface area contributed by atoms with Gasteiger partial charge >= 0.3 is 5.97 Å². The number of hydrogen-bond donors (Lipinski definition) is 2. The molecule has 0 aromatic heterocycles. The van der Waals surface area contributed by atoms with E-state index in [4.69, 9.17) is 10.8 Å². The van der Waals surface area contributed by atoms with Gasteiger partial charge in [0.1, 0.15) is 0 Å². The van der Waals surface area contributed by atoms with Gasteiger partial charge in [-0.2, -0.15) is 4.31 Å². The first kappa shape index (κ1) is 20.4. The summed E-state index contributed by atoms with van der Waals surface area (Å²) in [5.74, 6) is -1.43. The largest absolute Gasteiger partial charge is 0.478 e. The molecule has 144 valence electrons. The summed E-state index contributed by atoms with van der Waals surface area (Å²) < 4.78 is 27.5. The normalized spacial score (nSPS) is 19.3. The number of aryl methyl sites for hydroxylation is 1. The maximum Gasteiger partial charge on any atom is 0.335 e. The Morgan fingerprint density at radius 1 is 1.35 bits per heavy atom. The molecular weight excluding hydrogens is 356 g/mol. The van der Waals surface area contributed by atoms with Crippen LogP contribution in [0.15, 0.2) is 23.1 Å². The summed E-state index contributed by atoms with van der Waals surface area (Å²) >= 11 is 0. The summed E-state index contributed by atoms with van der Waals surface area (Å²) in [7, 11) is -3.72. The first-order valence-electron chi connectivity index (χ1n) is 8.59. The van der Waals surface area contributed by atoms with Gasteiger partial charge in [0.05, 0.1) is 10.5 Å². The number of carboxylic acid groups (broad SMARTS) is 1. The molecule has 0 spiro atoms. The van der Waals surface area contributed by atoms with Crippen molar-refractivity contribution in [2.75, 3.05) is 13.1 Å². The first-order valence-corrected chi connectivity index (χ1v) is 10.0. The number of carbonyl (C=O) groups excluding carboxylic acids is 1. The van der Waals surface area contributed by atoms with E-state index in [-0.39, 0.29) is 16.4 Å². The van der Waals surface area contributed by atoms with Gasteiger partial charge in [0.15, 0.2) is 0 Å². The number of carboxylic acids is 1. The lowest BCUT2D eigenvalue weighted by Crippen LogP contribution is -2.43. The van der Waals surface area contributed by atoms with E-state index >= 15 is 0 Å². The standard InChI is InChI=1S/C18H26N2O5S/c1-12-9-14(16(21)22)6-7-15(12)26(24,25)20-8-4-5-13(11-20)10-18(2,3)17(19)23/h6-7,9,13H,4-5,8,10-11H2,1-3H3,(H2,19,23)(H,21,22). The lowest BCUT2D eigenvalue weighted by molar-refractivity contribution is -0.127. The topological polar surface area (TPSA) is 118 Å². The Hall–Kier alpha value is -1.93. The molecular formula is C18H26N2O5S. The second kappa shape index (κ2) is 7.36. The summed E-state index contributed by atoms with van der Waals surface area (Å²) in [6.07, 6.45) is 2.09. The van der Waals surface area contributed by atoms with E-state index in [1.807, 2.05) is 0 Å². The van der Waals surface area contributed by atoms with Gasteiger partial charge in [-0.3, -0.25) is 4.79 Å². The number of amides is 1. The number of rotatable bonds is 6. The smallest absolute Gasteiger partial charge is 0.335 e. The molecule has 26 heavy (non-hydrogen) atoms. The number of sulfonamides is 1. The van der Waals surface area contributed by atoms with Crippen molar-refractivity contribution in [2.24, 2.45) is 17.1 Å². The number of piperidine rings is 1. The minimum Gasteiger partial charge on any atom is -0.478 e. The van der Waals surface area contributed by atoms with Crippen molar-refractivity contribution in [3.8, 4) is 0 Å². The molecule has 1 heterocycles. The molecule has 2 rings (SSSR count). The van der Waals surface area contributed by atoms with E-state index < -0.39 is 27.3 Å². The highest BCUT2D eigenvalue weighted by Gasteiger charge is 2.35. The number of carbonyl (C=O) groups is 2. The number of aromatic carboxylic acids is 1. The molecule has 1 saturated heterocycles. The third-order valence-corrected chi connectivity index (χ3v) is 7.01. The van der Waals surface area contributed by atoms with Crippen molar-refractivity contribution < 1.29 is 23.1 Å². The molecule has 1 aliphatic rings. The minimum atomic E-state index is -3.72. The van der Waals surface area contributed by atoms with Crippen LogP contribution in [0.5, 0.6) is 0 Å². The summed E-state index contributed by atoms with van der Waals surface area (Å²) in [5.41, 5.74) is 5.22. The second-order valence-electron chi connectivity index (χ2n) is 7.61. The molecule has 1 aromatic rings. The molecule has 7 nitrogen and oxygen atoms in total. The Balaban J connectivity index is 2.24. The zero-order valence-corrected chi connectivity index (χ0v) is 16.2. The third-order valence-electron chi connectivity index (χ3n) is 4.99. The van der Waals surface area contributed by atoms with E-state index in [0.717, 1.165) is 6.42 Å². The quantitative estimate of drug-likeness (QED) is 0.780. The predicted octanol–water partition coefficient (Wildman–Crippen LogP) is 2.00.